The molecule has 0 fully saturated rings. The van der Waals surface area contributed by atoms with Gasteiger partial charge in [0.1, 0.15) is 11.5 Å². The molecule has 0 aliphatic carbocycles. The number of rotatable bonds is 5. The minimum absolute atomic E-state index is 0.146. The standard InChI is InChI=1S/C28H19FN4O2S/c29-21-17-15-20(16-18-21)27-24(19-32(31-27)22-9-3-1-4-10-22)28-30-25-13-7-8-14-26(25)33(28)36(34,35)23-11-5-2-6-12-23/h1-19H. The number of aromatic nitrogens is 4. The SMILES string of the molecule is O=S(=O)(c1ccccc1)n1c(-c2cn(-c3ccccc3)nc2-c2ccc(F)cc2)nc2ccccc21. The third kappa shape index (κ3) is 3.68. The summed E-state index contributed by atoms with van der Waals surface area (Å²) >= 11 is 0. The molecule has 8 heteroatoms. The second kappa shape index (κ2) is 8.58. The van der Waals surface area contributed by atoms with Crippen LogP contribution in [0, 0.1) is 5.82 Å². The van der Waals surface area contributed by atoms with Crippen molar-refractivity contribution in [2.45, 2.75) is 4.90 Å². The average molecular weight is 495 g/mol. The molecule has 2 aromatic heterocycles. The molecule has 0 bridgehead atoms. The third-order valence-electron chi connectivity index (χ3n) is 5.89. The van der Waals surface area contributed by atoms with E-state index >= 15 is 0 Å². The number of hydrogen-bond acceptors (Lipinski definition) is 4. The Morgan fingerprint density at radius 1 is 0.722 bits per heavy atom. The topological polar surface area (TPSA) is 69.8 Å². The summed E-state index contributed by atoms with van der Waals surface area (Å²) in [5.74, 6) is -0.150. The van der Waals surface area contributed by atoms with Crippen molar-refractivity contribution in [2.75, 3.05) is 0 Å². The van der Waals surface area contributed by atoms with E-state index in [0.717, 1.165) is 5.69 Å². The van der Waals surface area contributed by atoms with Gasteiger partial charge in [0, 0.05) is 11.8 Å². The fraction of sp³-hybridized carbons (Fsp3) is 0. The van der Waals surface area contributed by atoms with Crippen LogP contribution >= 0.6 is 0 Å². The molecule has 6 rings (SSSR count). The average Bonchev–Trinajstić information content (AvgIpc) is 3.53. The first-order chi connectivity index (χ1) is 17.5. The lowest BCUT2D eigenvalue weighted by Gasteiger charge is -2.11. The van der Waals surface area contributed by atoms with E-state index in [2.05, 4.69) is 0 Å². The maximum Gasteiger partial charge on any atom is 0.269 e. The molecular formula is C28H19FN4O2S. The lowest BCUT2D eigenvalue weighted by Crippen LogP contribution is -2.14. The first-order valence-corrected chi connectivity index (χ1v) is 12.7. The van der Waals surface area contributed by atoms with Crippen LogP contribution in [-0.2, 0) is 10.0 Å². The van der Waals surface area contributed by atoms with Crippen LogP contribution in [0.15, 0.2) is 120 Å². The van der Waals surface area contributed by atoms with Gasteiger partial charge in [-0.15, -0.1) is 0 Å². The third-order valence-corrected chi connectivity index (χ3v) is 7.61. The quantitative estimate of drug-likeness (QED) is 0.298. The number of hydrogen-bond donors (Lipinski definition) is 0. The molecule has 4 aromatic carbocycles. The Morgan fingerprint density at radius 2 is 1.36 bits per heavy atom. The molecule has 36 heavy (non-hydrogen) atoms. The molecule has 6 aromatic rings. The van der Waals surface area contributed by atoms with Gasteiger partial charge in [0.05, 0.1) is 27.2 Å². The van der Waals surface area contributed by atoms with E-state index in [9.17, 15) is 12.8 Å². The molecule has 6 nitrogen and oxygen atoms in total. The predicted molar refractivity (Wildman–Crippen MR) is 137 cm³/mol. The van der Waals surface area contributed by atoms with E-state index < -0.39 is 10.0 Å². The largest absolute Gasteiger partial charge is 0.269 e. The van der Waals surface area contributed by atoms with Gasteiger partial charge in [-0.25, -0.2) is 26.4 Å². The number of fused-ring (bicyclic) bond motifs is 1. The summed E-state index contributed by atoms with van der Waals surface area (Å²) in [4.78, 5) is 4.89. The van der Waals surface area contributed by atoms with E-state index in [-0.39, 0.29) is 16.5 Å². The maximum atomic E-state index is 13.9. The van der Waals surface area contributed by atoms with Crippen LogP contribution in [0.2, 0.25) is 0 Å². The Kier molecular flexibility index (Phi) is 5.23. The molecule has 0 amide bonds. The second-order valence-corrected chi connectivity index (χ2v) is 9.97. The van der Waals surface area contributed by atoms with E-state index in [4.69, 9.17) is 10.1 Å². The first-order valence-electron chi connectivity index (χ1n) is 11.2. The van der Waals surface area contributed by atoms with E-state index in [1.165, 1.54) is 16.1 Å². The van der Waals surface area contributed by atoms with Gasteiger partial charge in [0.15, 0.2) is 5.82 Å². The zero-order valence-corrected chi connectivity index (χ0v) is 19.7. The fourth-order valence-corrected chi connectivity index (χ4v) is 5.68. The van der Waals surface area contributed by atoms with Crippen LogP contribution in [0.3, 0.4) is 0 Å². The van der Waals surface area contributed by atoms with Crippen LogP contribution in [0.25, 0.3) is 39.4 Å². The van der Waals surface area contributed by atoms with E-state index in [1.54, 1.807) is 71.5 Å². The van der Waals surface area contributed by atoms with Crippen molar-refractivity contribution in [1.29, 1.82) is 0 Å². The van der Waals surface area contributed by atoms with Gasteiger partial charge in [-0.2, -0.15) is 5.10 Å². The van der Waals surface area contributed by atoms with E-state index in [0.29, 0.717) is 27.9 Å². The molecule has 0 N–H and O–H groups in total. The second-order valence-electron chi connectivity index (χ2n) is 8.19. The van der Waals surface area contributed by atoms with Gasteiger partial charge < -0.3 is 0 Å². The lowest BCUT2D eigenvalue weighted by molar-refractivity contribution is 0.589. The van der Waals surface area contributed by atoms with Crippen LogP contribution in [0.5, 0.6) is 0 Å². The lowest BCUT2D eigenvalue weighted by atomic mass is 10.1. The predicted octanol–water partition coefficient (Wildman–Crippen LogP) is 5.93. The molecule has 2 heterocycles. The van der Waals surface area contributed by atoms with Crippen LogP contribution in [0.1, 0.15) is 0 Å². The highest BCUT2D eigenvalue weighted by Gasteiger charge is 2.28. The van der Waals surface area contributed by atoms with Crippen LogP contribution in [-0.4, -0.2) is 27.2 Å². The van der Waals surface area contributed by atoms with Crippen LogP contribution in [0.4, 0.5) is 4.39 Å². The molecular weight excluding hydrogens is 475 g/mol. The van der Waals surface area contributed by atoms with Crippen LogP contribution < -0.4 is 0 Å². The smallest absolute Gasteiger partial charge is 0.240 e. The number of nitrogens with zero attached hydrogens (tertiary/aromatic N) is 4. The Morgan fingerprint density at radius 3 is 2.08 bits per heavy atom. The Hall–Kier alpha value is -4.56. The van der Waals surface area contributed by atoms with Crippen molar-refractivity contribution in [3.05, 3.63) is 121 Å². The summed E-state index contributed by atoms with van der Waals surface area (Å²) in [7, 11) is -4.00. The molecule has 0 atom stereocenters. The fourth-order valence-electron chi connectivity index (χ4n) is 4.19. The van der Waals surface area contributed by atoms with Crippen molar-refractivity contribution < 1.29 is 12.8 Å². The van der Waals surface area contributed by atoms with Crippen molar-refractivity contribution in [1.82, 2.24) is 18.7 Å². The summed E-state index contributed by atoms with van der Waals surface area (Å²) in [5.41, 5.74) is 3.40. The normalized spacial score (nSPS) is 11.7. The summed E-state index contributed by atoms with van der Waals surface area (Å²) in [6.07, 6.45) is 1.76. The Labute approximate surface area is 207 Å². The molecule has 0 aliphatic heterocycles. The monoisotopic (exact) mass is 494 g/mol. The highest BCUT2D eigenvalue weighted by atomic mass is 32.2. The molecule has 0 saturated heterocycles. The molecule has 0 saturated carbocycles. The number of para-hydroxylation sites is 3. The van der Waals surface area contributed by atoms with E-state index in [1.807, 2.05) is 36.4 Å². The highest BCUT2D eigenvalue weighted by molar-refractivity contribution is 7.90. The minimum atomic E-state index is -4.00. The minimum Gasteiger partial charge on any atom is -0.240 e. The van der Waals surface area contributed by atoms with Gasteiger partial charge in [0.25, 0.3) is 10.0 Å². The zero-order chi connectivity index (χ0) is 24.7. The molecule has 0 unspecified atom stereocenters. The summed E-state index contributed by atoms with van der Waals surface area (Å²) < 4.78 is 44.5. The summed E-state index contributed by atoms with van der Waals surface area (Å²) in [6.45, 7) is 0. The highest BCUT2D eigenvalue weighted by Crippen LogP contribution is 2.36. The molecule has 0 radical (unpaired) electrons. The van der Waals surface area contributed by atoms with Crippen molar-refractivity contribution in [2.24, 2.45) is 0 Å². The first kappa shape index (κ1) is 21.9. The number of halogens is 1. The zero-order valence-electron chi connectivity index (χ0n) is 18.9. The van der Waals surface area contributed by atoms with Gasteiger partial charge in [-0.1, -0.05) is 48.5 Å². The summed E-state index contributed by atoms with van der Waals surface area (Å²) in [5, 5.41) is 4.77. The van der Waals surface area contributed by atoms with Crippen molar-refractivity contribution >= 4 is 21.1 Å². The molecule has 0 aliphatic rings. The summed E-state index contributed by atoms with van der Waals surface area (Å²) in [6, 6.07) is 30.8. The van der Waals surface area contributed by atoms with Crippen molar-refractivity contribution in [3.63, 3.8) is 0 Å². The van der Waals surface area contributed by atoms with Gasteiger partial charge in [-0.3, -0.25) is 0 Å². The van der Waals surface area contributed by atoms with Gasteiger partial charge >= 0.3 is 0 Å². The van der Waals surface area contributed by atoms with Gasteiger partial charge in [-0.05, 0) is 60.7 Å². The number of imidazole rings is 1. The maximum absolute atomic E-state index is 13.9. The molecule has 0 spiro atoms. The number of benzene rings is 4. The molecule has 176 valence electrons. The Bertz CT molecular complexity index is 1790. The Balaban J connectivity index is 1.67. The van der Waals surface area contributed by atoms with Crippen molar-refractivity contribution in [3.8, 4) is 28.3 Å². The van der Waals surface area contributed by atoms with Gasteiger partial charge in [0.2, 0.25) is 0 Å².